The van der Waals surface area contributed by atoms with E-state index in [2.05, 4.69) is 12.2 Å². The molecule has 114 valence electrons. The molecule has 1 heterocycles. The van der Waals surface area contributed by atoms with Crippen LogP contribution in [0.2, 0.25) is 0 Å². The van der Waals surface area contributed by atoms with Crippen LogP contribution in [-0.2, 0) is 9.47 Å². The summed E-state index contributed by atoms with van der Waals surface area (Å²) in [6, 6.07) is 0. The number of fused-ring (bicyclic) bond motifs is 2. The first-order chi connectivity index (χ1) is 9.77. The molecule has 0 amide bonds. The fraction of sp³-hybridized carbons (Fsp3) is 0.875. The average Bonchev–Trinajstić information content (AvgIpc) is 3.01. The van der Waals surface area contributed by atoms with Gasteiger partial charge in [0.15, 0.2) is 5.79 Å². The highest BCUT2D eigenvalue weighted by molar-refractivity contribution is 5.12. The summed E-state index contributed by atoms with van der Waals surface area (Å²) < 4.78 is 11.6. The molecule has 0 aromatic rings. The second-order valence-electron chi connectivity index (χ2n) is 6.37. The van der Waals surface area contributed by atoms with Crippen molar-refractivity contribution >= 4 is 0 Å². The lowest BCUT2D eigenvalue weighted by Crippen LogP contribution is -2.54. The van der Waals surface area contributed by atoms with Gasteiger partial charge in [0.1, 0.15) is 0 Å². The molecule has 2 aliphatic carbocycles. The van der Waals surface area contributed by atoms with E-state index in [0.29, 0.717) is 25.0 Å². The maximum atomic E-state index is 10.4. The first kappa shape index (κ1) is 14.5. The minimum atomic E-state index is -0.352. The van der Waals surface area contributed by atoms with Crippen LogP contribution in [-0.4, -0.2) is 41.9 Å². The Hall–Kier alpha value is -0.420. The molecule has 4 nitrogen and oxygen atoms in total. The molecule has 3 fully saturated rings. The molecule has 3 aliphatic rings. The van der Waals surface area contributed by atoms with Crippen LogP contribution in [0.1, 0.15) is 38.5 Å². The Morgan fingerprint density at radius 1 is 1.15 bits per heavy atom. The number of aliphatic hydroxyl groups is 2. The van der Waals surface area contributed by atoms with Gasteiger partial charge in [0, 0.05) is 24.9 Å². The van der Waals surface area contributed by atoms with E-state index in [1.54, 1.807) is 0 Å². The number of hydrogen-bond acceptors (Lipinski definition) is 4. The number of rotatable bonds is 6. The summed E-state index contributed by atoms with van der Waals surface area (Å²) in [7, 11) is 0. The molecule has 1 unspecified atom stereocenters. The lowest BCUT2D eigenvalue weighted by molar-refractivity contribution is -0.275. The van der Waals surface area contributed by atoms with Crippen LogP contribution < -0.4 is 0 Å². The summed E-state index contributed by atoms with van der Waals surface area (Å²) in [5.41, 5.74) is 0. The number of unbranched alkanes of at least 4 members (excludes halogenated alkanes) is 3. The van der Waals surface area contributed by atoms with E-state index >= 15 is 0 Å². The topological polar surface area (TPSA) is 58.9 Å². The fourth-order valence-corrected chi connectivity index (χ4v) is 4.07. The maximum absolute atomic E-state index is 10.4. The van der Waals surface area contributed by atoms with Crippen LogP contribution in [0.15, 0.2) is 12.2 Å². The second kappa shape index (κ2) is 6.14. The third kappa shape index (κ3) is 2.54. The van der Waals surface area contributed by atoms with Gasteiger partial charge in [-0.25, -0.2) is 0 Å². The Bertz CT molecular complexity index is 348. The fourth-order valence-electron chi connectivity index (χ4n) is 4.07. The summed E-state index contributed by atoms with van der Waals surface area (Å²) in [5.74, 6) is 0.645. The molecule has 1 saturated heterocycles. The number of hydrogen-bond donors (Lipinski definition) is 2. The Kier molecular flexibility index (Phi) is 4.46. The van der Waals surface area contributed by atoms with Gasteiger partial charge < -0.3 is 19.7 Å². The van der Waals surface area contributed by atoms with Crippen molar-refractivity contribution in [3.05, 3.63) is 12.2 Å². The van der Waals surface area contributed by atoms with Gasteiger partial charge in [-0.3, -0.25) is 0 Å². The van der Waals surface area contributed by atoms with Gasteiger partial charge in [0.05, 0.1) is 19.3 Å². The highest BCUT2D eigenvalue weighted by atomic mass is 16.7. The van der Waals surface area contributed by atoms with E-state index in [9.17, 15) is 5.11 Å². The summed E-state index contributed by atoms with van der Waals surface area (Å²) in [4.78, 5) is 0. The Morgan fingerprint density at radius 3 is 2.70 bits per heavy atom. The predicted octanol–water partition coefficient (Wildman–Crippen LogP) is 1.86. The van der Waals surface area contributed by atoms with E-state index in [1.165, 1.54) is 0 Å². The average molecular weight is 282 g/mol. The molecule has 0 aromatic carbocycles. The van der Waals surface area contributed by atoms with Gasteiger partial charge in [-0.05, 0) is 31.6 Å². The summed E-state index contributed by atoms with van der Waals surface area (Å²) in [5, 5.41) is 19.1. The van der Waals surface area contributed by atoms with E-state index in [-0.39, 0.29) is 24.4 Å². The van der Waals surface area contributed by atoms with Gasteiger partial charge in [0.2, 0.25) is 0 Å². The number of allylic oxidation sites excluding steroid dienone is 1. The highest BCUT2D eigenvalue weighted by Gasteiger charge is 2.64. The molecule has 0 radical (unpaired) electrons. The van der Waals surface area contributed by atoms with E-state index in [4.69, 9.17) is 14.6 Å². The first-order valence-electron chi connectivity index (χ1n) is 8.00. The van der Waals surface area contributed by atoms with Crippen molar-refractivity contribution in [2.45, 2.75) is 50.4 Å². The summed E-state index contributed by atoms with van der Waals surface area (Å²) >= 11 is 0. The van der Waals surface area contributed by atoms with Crippen LogP contribution in [0.3, 0.4) is 0 Å². The molecule has 0 bridgehead atoms. The van der Waals surface area contributed by atoms with Crippen LogP contribution in [0, 0.1) is 17.8 Å². The lowest BCUT2D eigenvalue weighted by Gasteiger charge is -2.48. The molecule has 4 atom stereocenters. The third-order valence-corrected chi connectivity index (χ3v) is 5.19. The van der Waals surface area contributed by atoms with Crippen molar-refractivity contribution in [1.29, 1.82) is 0 Å². The predicted molar refractivity (Wildman–Crippen MR) is 75.0 cm³/mol. The van der Waals surface area contributed by atoms with Crippen molar-refractivity contribution < 1.29 is 19.7 Å². The van der Waals surface area contributed by atoms with Crippen LogP contribution >= 0.6 is 0 Å². The zero-order valence-electron chi connectivity index (χ0n) is 12.0. The molecule has 2 saturated carbocycles. The van der Waals surface area contributed by atoms with Crippen molar-refractivity contribution in [2.24, 2.45) is 17.8 Å². The summed E-state index contributed by atoms with van der Waals surface area (Å²) in [6.07, 6.45) is 10.1. The van der Waals surface area contributed by atoms with E-state index < -0.39 is 0 Å². The van der Waals surface area contributed by atoms with Crippen molar-refractivity contribution in [3.8, 4) is 0 Å². The maximum Gasteiger partial charge on any atom is 0.172 e. The Morgan fingerprint density at radius 2 is 1.95 bits per heavy atom. The summed E-state index contributed by atoms with van der Waals surface area (Å²) in [6.45, 7) is 1.69. The van der Waals surface area contributed by atoms with E-state index in [1.807, 2.05) is 0 Å². The zero-order chi connectivity index (χ0) is 14.0. The molecule has 3 rings (SSSR count). The minimum Gasteiger partial charge on any atom is -0.396 e. The third-order valence-electron chi connectivity index (χ3n) is 5.19. The smallest absolute Gasteiger partial charge is 0.172 e. The zero-order valence-corrected chi connectivity index (χ0v) is 12.0. The molecular formula is C16H26O4. The van der Waals surface area contributed by atoms with E-state index in [0.717, 1.165) is 38.5 Å². The second-order valence-corrected chi connectivity index (χ2v) is 6.37. The Labute approximate surface area is 120 Å². The first-order valence-corrected chi connectivity index (χ1v) is 8.00. The van der Waals surface area contributed by atoms with Crippen LogP contribution in [0.25, 0.3) is 0 Å². The molecule has 4 heteroatoms. The lowest BCUT2D eigenvalue weighted by atomic mass is 9.69. The number of ether oxygens (including phenoxy) is 2. The highest BCUT2D eigenvalue weighted by Crippen LogP contribution is 2.59. The SMILES string of the molecule is OCCCCCC=C[C@@H]1C[C@H]2[C@@H](CC23OCCO3)C1O. The molecule has 1 spiro atoms. The van der Waals surface area contributed by atoms with Crippen molar-refractivity contribution in [2.75, 3.05) is 19.8 Å². The van der Waals surface area contributed by atoms with Gasteiger partial charge in [-0.15, -0.1) is 0 Å². The monoisotopic (exact) mass is 282 g/mol. The molecule has 0 aromatic heterocycles. The molecule has 2 N–H and O–H groups in total. The largest absolute Gasteiger partial charge is 0.396 e. The van der Waals surface area contributed by atoms with Crippen molar-refractivity contribution in [1.82, 2.24) is 0 Å². The van der Waals surface area contributed by atoms with Crippen molar-refractivity contribution in [3.63, 3.8) is 0 Å². The Balaban J connectivity index is 1.46. The van der Waals surface area contributed by atoms with Gasteiger partial charge in [0.25, 0.3) is 0 Å². The van der Waals surface area contributed by atoms with Gasteiger partial charge in [-0.2, -0.15) is 0 Å². The van der Waals surface area contributed by atoms with Crippen LogP contribution in [0.5, 0.6) is 0 Å². The molecule has 20 heavy (non-hydrogen) atoms. The normalized spacial score (nSPS) is 38.5. The number of aliphatic hydroxyl groups excluding tert-OH is 2. The van der Waals surface area contributed by atoms with Gasteiger partial charge in [-0.1, -0.05) is 18.6 Å². The molecule has 1 aliphatic heterocycles. The van der Waals surface area contributed by atoms with Gasteiger partial charge >= 0.3 is 0 Å². The van der Waals surface area contributed by atoms with Crippen LogP contribution in [0.4, 0.5) is 0 Å². The molecular weight excluding hydrogens is 256 g/mol. The standard InChI is InChI=1S/C16H26O4/c17-7-5-3-1-2-4-6-12-10-14-13(15(12)18)11-16(14)19-8-9-20-16/h4,6,12-15,17-18H,1-3,5,7-11H2/t12-,13-,14+,15?/m1/s1. The minimum absolute atomic E-state index is 0.230. The quantitative estimate of drug-likeness (QED) is 0.576.